The molecule has 2 heterocycles. The molecule has 0 fully saturated rings. The number of aromatic nitrogens is 1. The number of nitrogens with zero attached hydrogens (tertiary/aromatic N) is 1. The van der Waals surface area contributed by atoms with E-state index in [1.807, 2.05) is 54.6 Å². The summed E-state index contributed by atoms with van der Waals surface area (Å²) in [7, 11) is 0. The maximum absolute atomic E-state index is 13.0. The number of anilines is 1. The highest BCUT2D eigenvalue weighted by Crippen LogP contribution is 2.28. The Balaban J connectivity index is 1.78. The van der Waals surface area contributed by atoms with Crippen molar-refractivity contribution in [3.63, 3.8) is 0 Å². The Kier molecular flexibility index (Phi) is 4.18. The number of phenolic OH excluding ortho intramolecular Hbond substituents is 1. The Morgan fingerprint density at radius 2 is 1.63 bits per heavy atom. The lowest BCUT2D eigenvalue weighted by molar-refractivity contribution is -0.112. The van der Waals surface area contributed by atoms with Crippen molar-refractivity contribution in [3.05, 3.63) is 90.8 Å². The average molecular weight is 356 g/mol. The van der Waals surface area contributed by atoms with Crippen molar-refractivity contribution in [2.24, 2.45) is 0 Å². The molecule has 0 radical (unpaired) electrons. The van der Waals surface area contributed by atoms with Gasteiger partial charge in [0, 0.05) is 29.0 Å². The third kappa shape index (κ3) is 3.18. The van der Waals surface area contributed by atoms with Crippen molar-refractivity contribution in [2.45, 2.75) is 0 Å². The molecule has 0 bridgehead atoms. The van der Waals surface area contributed by atoms with Crippen LogP contribution in [0.25, 0.3) is 16.6 Å². The van der Waals surface area contributed by atoms with Gasteiger partial charge in [0.2, 0.25) is 0 Å². The molecule has 0 atom stereocenters. The maximum Gasteiger partial charge on any atom is 0.298 e. The zero-order valence-corrected chi connectivity index (χ0v) is 14.3. The van der Waals surface area contributed by atoms with Gasteiger partial charge in [0.05, 0.1) is 0 Å². The lowest BCUT2D eigenvalue weighted by Gasteiger charge is -2.08. The van der Waals surface area contributed by atoms with Crippen LogP contribution in [0.1, 0.15) is 10.5 Å². The molecule has 0 saturated heterocycles. The number of hydrogen-bond acceptors (Lipinski definition) is 3. The van der Waals surface area contributed by atoms with Crippen LogP contribution >= 0.6 is 0 Å². The molecule has 0 saturated carbocycles. The van der Waals surface area contributed by atoms with Crippen LogP contribution in [-0.2, 0) is 4.79 Å². The van der Waals surface area contributed by atoms with Gasteiger partial charge < -0.3 is 14.8 Å². The van der Waals surface area contributed by atoms with Crippen LogP contribution in [0.5, 0.6) is 5.75 Å². The van der Waals surface area contributed by atoms with E-state index in [1.165, 1.54) is 12.1 Å². The molecule has 0 unspecified atom stereocenters. The van der Waals surface area contributed by atoms with E-state index in [9.17, 15) is 14.7 Å². The van der Waals surface area contributed by atoms with Gasteiger partial charge >= 0.3 is 0 Å². The highest BCUT2D eigenvalue weighted by atomic mass is 16.3. The van der Waals surface area contributed by atoms with Crippen molar-refractivity contribution in [3.8, 4) is 16.9 Å². The van der Waals surface area contributed by atoms with Crippen LogP contribution in [0.15, 0.2) is 85.1 Å². The van der Waals surface area contributed by atoms with E-state index in [2.05, 4.69) is 5.32 Å². The number of phenols is 1. The van der Waals surface area contributed by atoms with E-state index in [0.29, 0.717) is 16.9 Å². The van der Waals surface area contributed by atoms with Crippen LogP contribution in [0.2, 0.25) is 0 Å². The molecule has 2 aromatic carbocycles. The van der Waals surface area contributed by atoms with Gasteiger partial charge in [-0.25, -0.2) is 0 Å². The number of ketones is 1. The van der Waals surface area contributed by atoms with E-state index in [1.54, 1.807) is 22.7 Å². The first-order valence-electron chi connectivity index (χ1n) is 8.44. The van der Waals surface area contributed by atoms with Gasteiger partial charge in [-0.15, -0.1) is 0 Å². The van der Waals surface area contributed by atoms with Gasteiger partial charge in [-0.1, -0.05) is 42.5 Å². The highest BCUT2D eigenvalue weighted by molar-refractivity contribution is 6.47. The number of carbonyl (C=O) groups excluding carboxylic acids is 2. The number of Topliss-reactive ketones (excluding diaryl/α,β-unsaturated/α-hetero) is 1. The van der Waals surface area contributed by atoms with Crippen molar-refractivity contribution in [2.75, 3.05) is 5.32 Å². The third-order valence-electron chi connectivity index (χ3n) is 4.29. The molecule has 27 heavy (non-hydrogen) atoms. The molecule has 0 spiro atoms. The molecular weight excluding hydrogens is 340 g/mol. The van der Waals surface area contributed by atoms with Crippen LogP contribution in [-0.4, -0.2) is 21.2 Å². The summed E-state index contributed by atoms with van der Waals surface area (Å²) in [6.07, 6.45) is 1.76. The number of amides is 1. The second-order valence-corrected chi connectivity index (χ2v) is 6.10. The SMILES string of the molecule is O=C(Nc1cccc(O)c1)C(=O)c1c(-c2ccccc2)cc2ccccn12. The summed E-state index contributed by atoms with van der Waals surface area (Å²) in [4.78, 5) is 25.6. The monoisotopic (exact) mass is 356 g/mol. The number of nitrogens with one attached hydrogen (secondary N) is 1. The lowest BCUT2D eigenvalue weighted by Crippen LogP contribution is -2.24. The Morgan fingerprint density at radius 1 is 0.852 bits per heavy atom. The first kappa shape index (κ1) is 16.6. The quantitative estimate of drug-likeness (QED) is 0.427. The highest BCUT2D eigenvalue weighted by Gasteiger charge is 2.24. The second kappa shape index (κ2) is 6.80. The zero-order valence-electron chi connectivity index (χ0n) is 14.3. The molecule has 5 nitrogen and oxygen atoms in total. The Morgan fingerprint density at radius 3 is 2.41 bits per heavy atom. The molecular formula is C22H16N2O3. The predicted molar refractivity (Wildman–Crippen MR) is 104 cm³/mol. The number of aromatic hydroxyl groups is 1. The number of hydrogen-bond donors (Lipinski definition) is 2. The molecule has 132 valence electrons. The first-order valence-corrected chi connectivity index (χ1v) is 8.44. The first-order chi connectivity index (χ1) is 13.1. The molecule has 2 N–H and O–H groups in total. The number of pyridine rings is 1. The van der Waals surface area contributed by atoms with Crippen LogP contribution in [0.4, 0.5) is 5.69 Å². The van der Waals surface area contributed by atoms with E-state index >= 15 is 0 Å². The normalized spacial score (nSPS) is 10.7. The van der Waals surface area contributed by atoms with Gasteiger partial charge in [0.25, 0.3) is 11.7 Å². The fraction of sp³-hybridized carbons (Fsp3) is 0. The summed E-state index contributed by atoms with van der Waals surface area (Å²) < 4.78 is 1.71. The summed E-state index contributed by atoms with van der Waals surface area (Å²) in [6, 6.07) is 23.0. The summed E-state index contributed by atoms with van der Waals surface area (Å²) in [5.74, 6) is -1.40. The molecule has 0 aliphatic rings. The topological polar surface area (TPSA) is 70.8 Å². The zero-order chi connectivity index (χ0) is 18.8. The lowest BCUT2D eigenvalue weighted by atomic mass is 10.0. The van der Waals surface area contributed by atoms with Gasteiger partial charge in [-0.3, -0.25) is 9.59 Å². The molecule has 1 amide bonds. The minimum absolute atomic E-state index is 0.0124. The van der Waals surface area contributed by atoms with E-state index < -0.39 is 11.7 Å². The Hall–Kier alpha value is -3.86. The summed E-state index contributed by atoms with van der Waals surface area (Å²) in [5, 5.41) is 12.1. The van der Waals surface area contributed by atoms with Crippen molar-refractivity contribution in [1.82, 2.24) is 4.40 Å². The largest absolute Gasteiger partial charge is 0.508 e. The van der Waals surface area contributed by atoms with E-state index in [0.717, 1.165) is 11.1 Å². The van der Waals surface area contributed by atoms with Crippen LogP contribution in [0.3, 0.4) is 0 Å². The third-order valence-corrected chi connectivity index (χ3v) is 4.29. The fourth-order valence-electron chi connectivity index (χ4n) is 3.07. The Bertz CT molecular complexity index is 1150. The second-order valence-electron chi connectivity index (χ2n) is 6.10. The van der Waals surface area contributed by atoms with Crippen molar-refractivity contribution < 1.29 is 14.7 Å². The minimum atomic E-state index is -0.762. The number of rotatable bonds is 4. The van der Waals surface area contributed by atoms with Gasteiger partial charge in [-0.05, 0) is 35.9 Å². The van der Waals surface area contributed by atoms with Crippen LogP contribution < -0.4 is 5.32 Å². The molecule has 2 aromatic heterocycles. The molecule has 4 aromatic rings. The van der Waals surface area contributed by atoms with Crippen LogP contribution in [0, 0.1) is 0 Å². The standard InChI is InChI=1S/C22H16N2O3/c25-18-11-6-9-16(13-18)23-22(27)21(26)20-19(15-7-2-1-3-8-15)14-17-10-4-5-12-24(17)20/h1-14,25H,(H,23,27). The smallest absolute Gasteiger partial charge is 0.298 e. The summed E-state index contributed by atoms with van der Waals surface area (Å²) in [5.41, 5.74) is 3.03. The molecule has 0 aliphatic heterocycles. The molecule has 4 rings (SSSR count). The van der Waals surface area contributed by atoms with Gasteiger partial charge in [0.15, 0.2) is 0 Å². The number of benzene rings is 2. The predicted octanol–water partition coefficient (Wildman–Crippen LogP) is 4.13. The van der Waals surface area contributed by atoms with Gasteiger partial charge in [-0.2, -0.15) is 0 Å². The van der Waals surface area contributed by atoms with Crippen molar-refractivity contribution in [1.29, 1.82) is 0 Å². The van der Waals surface area contributed by atoms with Gasteiger partial charge in [0.1, 0.15) is 11.4 Å². The molecule has 0 aliphatic carbocycles. The summed E-state index contributed by atoms with van der Waals surface area (Å²) in [6.45, 7) is 0. The maximum atomic E-state index is 13.0. The average Bonchev–Trinajstić information content (AvgIpc) is 3.07. The number of fused-ring (bicyclic) bond motifs is 1. The Labute approximate surface area is 155 Å². The van der Waals surface area contributed by atoms with E-state index in [4.69, 9.17) is 0 Å². The fourth-order valence-corrected chi connectivity index (χ4v) is 3.07. The summed E-state index contributed by atoms with van der Waals surface area (Å²) >= 11 is 0. The van der Waals surface area contributed by atoms with E-state index in [-0.39, 0.29) is 5.75 Å². The number of carbonyl (C=O) groups is 2. The van der Waals surface area contributed by atoms with Crippen molar-refractivity contribution >= 4 is 22.9 Å². The molecule has 5 heteroatoms. The minimum Gasteiger partial charge on any atom is -0.508 e.